The molecule has 2 heteroatoms. The van der Waals surface area contributed by atoms with E-state index in [1.54, 1.807) is 0 Å². The average Bonchev–Trinajstić information content (AvgIpc) is 2.17. The minimum atomic E-state index is -2.81. The monoisotopic (exact) mass is 193 g/mol. The average molecular weight is 194 g/mol. The zero-order valence-corrected chi connectivity index (χ0v) is 5.87. The van der Waals surface area contributed by atoms with Crippen molar-refractivity contribution in [1.82, 2.24) is 0 Å². The van der Waals surface area contributed by atoms with Crippen molar-refractivity contribution in [1.29, 1.82) is 0 Å². The normalized spacial score (nSPS) is 21.7. The van der Waals surface area contributed by atoms with Crippen molar-refractivity contribution in [2.45, 2.75) is 0 Å². The molecule has 0 saturated heterocycles. The standard InChI is InChI=1S/C7H7BrO/c1-9-7-4-2-6(8)3-5-7/h2-5H,1H3/i1D3,2D,3D,4D,5D. The van der Waals surface area contributed by atoms with Gasteiger partial charge in [-0.1, -0.05) is 15.9 Å². The predicted molar refractivity (Wildman–Crippen MR) is 40.7 cm³/mol. The van der Waals surface area contributed by atoms with E-state index < -0.39 is 24.9 Å². The summed E-state index contributed by atoms with van der Waals surface area (Å²) in [5, 5.41) is 0. The third-order valence-corrected chi connectivity index (χ3v) is 1.07. The van der Waals surface area contributed by atoms with Crippen molar-refractivity contribution in [3.05, 3.63) is 28.6 Å². The third-order valence-electron chi connectivity index (χ3n) is 0.674. The molecule has 0 radical (unpaired) electrons. The Balaban J connectivity index is 3.40. The quantitative estimate of drug-likeness (QED) is 0.667. The summed E-state index contributed by atoms with van der Waals surface area (Å²) in [7, 11) is -2.81. The van der Waals surface area contributed by atoms with Gasteiger partial charge in [0.15, 0.2) is 0 Å². The van der Waals surface area contributed by atoms with Gasteiger partial charge in [-0.05, 0) is 24.2 Å². The maximum atomic E-state index is 7.46. The Labute approximate surface area is 72.6 Å². The van der Waals surface area contributed by atoms with E-state index in [4.69, 9.17) is 9.60 Å². The Morgan fingerprint density at radius 3 is 2.78 bits per heavy atom. The fourth-order valence-electron chi connectivity index (χ4n) is 0.337. The fraction of sp³-hybridized carbons (Fsp3) is 0.143. The SMILES string of the molecule is [2H]c1c([2H])c(OC([2H])([2H])[2H])c([2H])c([2H])c1Br. The van der Waals surface area contributed by atoms with E-state index in [1.807, 2.05) is 0 Å². The summed E-state index contributed by atoms with van der Waals surface area (Å²) in [6.45, 7) is 0. The molecule has 0 atom stereocenters. The predicted octanol–water partition coefficient (Wildman–Crippen LogP) is 2.46. The van der Waals surface area contributed by atoms with E-state index in [9.17, 15) is 0 Å². The van der Waals surface area contributed by atoms with Crippen LogP contribution in [0.3, 0.4) is 0 Å². The maximum Gasteiger partial charge on any atom is 0.118 e. The minimum Gasteiger partial charge on any atom is -0.497 e. The number of methoxy groups -OCH3 is 1. The molecule has 0 N–H and O–H groups in total. The Morgan fingerprint density at radius 1 is 1.56 bits per heavy atom. The van der Waals surface area contributed by atoms with Crippen molar-refractivity contribution in [3.63, 3.8) is 0 Å². The number of ether oxygens (including phenoxy) is 1. The summed E-state index contributed by atoms with van der Waals surface area (Å²) >= 11 is 2.88. The Hall–Kier alpha value is -0.500. The molecule has 0 amide bonds. The molecule has 48 valence electrons. The van der Waals surface area contributed by atoms with Gasteiger partial charge in [-0.2, -0.15) is 0 Å². The molecule has 1 aromatic carbocycles. The molecular formula is C7H7BrO. The Morgan fingerprint density at radius 2 is 2.22 bits per heavy atom. The number of benzene rings is 1. The molecule has 9 heavy (non-hydrogen) atoms. The van der Waals surface area contributed by atoms with Crippen LogP contribution in [-0.2, 0) is 0 Å². The van der Waals surface area contributed by atoms with Gasteiger partial charge >= 0.3 is 0 Å². The van der Waals surface area contributed by atoms with Crippen LogP contribution in [0.2, 0.25) is 0 Å². The first-order chi connectivity index (χ1) is 7.15. The molecule has 0 bridgehead atoms. The van der Waals surface area contributed by atoms with Gasteiger partial charge in [-0.3, -0.25) is 0 Å². The van der Waals surface area contributed by atoms with Crippen LogP contribution in [0.5, 0.6) is 5.75 Å². The number of rotatable bonds is 1. The molecule has 0 aromatic heterocycles. The van der Waals surface area contributed by atoms with Crippen LogP contribution in [0.25, 0.3) is 0 Å². The highest BCUT2D eigenvalue weighted by Gasteiger charge is 1.86. The number of hydrogen-bond donors (Lipinski definition) is 0. The van der Waals surface area contributed by atoms with E-state index >= 15 is 0 Å². The lowest BCUT2D eigenvalue weighted by atomic mass is 10.3. The van der Waals surface area contributed by atoms with Crippen molar-refractivity contribution in [3.8, 4) is 5.75 Å². The number of hydrogen-bond acceptors (Lipinski definition) is 1. The van der Waals surface area contributed by atoms with E-state index in [2.05, 4.69) is 20.7 Å². The largest absolute Gasteiger partial charge is 0.497 e. The summed E-state index contributed by atoms with van der Waals surface area (Å²) in [6.07, 6.45) is 0. The van der Waals surface area contributed by atoms with Gasteiger partial charge in [0.25, 0.3) is 0 Å². The molecule has 0 spiro atoms. The zero-order chi connectivity index (χ0) is 12.7. The topological polar surface area (TPSA) is 9.23 Å². The van der Waals surface area contributed by atoms with Crippen molar-refractivity contribution in [2.24, 2.45) is 0 Å². The summed E-state index contributed by atoms with van der Waals surface area (Å²) < 4.78 is 54.8. The second-order valence-electron chi connectivity index (χ2n) is 1.25. The number of halogens is 1. The highest BCUT2D eigenvalue weighted by atomic mass is 79.9. The zero-order valence-electron chi connectivity index (χ0n) is 11.3. The highest BCUT2D eigenvalue weighted by Crippen LogP contribution is 2.14. The smallest absolute Gasteiger partial charge is 0.118 e. The molecule has 1 aromatic rings. The molecule has 0 aliphatic carbocycles. The third kappa shape index (κ3) is 1.72. The van der Waals surface area contributed by atoms with Gasteiger partial charge < -0.3 is 4.74 Å². The Kier molecular flexibility index (Phi) is 0.636. The molecule has 0 unspecified atom stereocenters. The van der Waals surface area contributed by atoms with E-state index in [0.29, 0.717) is 0 Å². The minimum absolute atomic E-state index is 0.0274. The van der Waals surface area contributed by atoms with Gasteiger partial charge in [0.1, 0.15) is 5.75 Å². The van der Waals surface area contributed by atoms with Crippen molar-refractivity contribution < 1.29 is 14.3 Å². The van der Waals surface area contributed by atoms with Gasteiger partial charge in [0, 0.05) is 4.47 Å². The van der Waals surface area contributed by atoms with Crippen molar-refractivity contribution >= 4 is 15.9 Å². The fourth-order valence-corrected chi connectivity index (χ4v) is 0.535. The molecule has 0 saturated carbocycles. The van der Waals surface area contributed by atoms with E-state index in [-0.39, 0.29) is 16.6 Å². The van der Waals surface area contributed by atoms with Gasteiger partial charge in [-0.15, -0.1) is 0 Å². The van der Waals surface area contributed by atoms with Gasteiger partial charge in [0.05, 0.1) is 16.6 Å². The first-order valence-electron chi connectivity index (χ1n) is 5.60. The van der Waals surface area contributed by atoms with Crippen LogP contribution in [0.15, 0.2) is 28.6 Å². The summed E-state index contributed by atoms with van der Waals surface area (Å²) in [5.74, 6) is -0.571. The van der Waals surface area contributed by atoms with Crippen LogP contribution in [0.1, 0.15) is 9.60 Å². The highest BCUT2D eigenvalue weighted by molar-refractivity contribution is 9.10. The van der Waals surface area contributed by atoms with Crippen LogP contribution in [0.4, 0.5) is 0 Å². The van der Waals surface area contributed by atoms with Crippen molar-refractivity contribution in [2.75, 3.05) is 7.04 Å². The Bertz CT molecular complexity index is 399. The van der Waals surface area contributed by atoms with E-state index in [0.717, 1.165) is 0 Å². The molecule has 1 nitrogen and oxygen atoms in total. The summed E-state index contributed by atoms with van der Waals surface area (Å²) in [6, 6.07) is -1.80. The lowest BCUT2D eigenvalue weighted by Gasteiger charge is -1.96. The first kappa shape index (κ1) is 1.99. The summed E-state index contributed by atoms with van der Waals surface area (Å²) in [4.78, 5) is 0. The van der Waals surface area contributed by atoms with Gasteiger partial charge in [-0.25, -0.2) is 0 Å². The van der Waals surface area contributed by atoms with E-state index in [1.165, 1.54) is 0 Å². The van der Waals surface area contributed by atoms with Crippen LogP contribution in [0, 0.1) is 0 Å². The second-order valence-corrected chi connectivity index (χ2v) is 2.04. The molecule has 0 fully saturated rings. The van der Waals surface area contributed by atoms with Gasteiger partial charge in [0.2, 0.25) is 0 Å². The summed E-state index contributed by atoms with van der Waals surface area (Å²) in [5.41, 5.74) is 0. The molecular weight excluding hydrogens is 180 g/mol. The molecule has 1 rings (SSSR count). The lowest BCUT2D eigenvalue weighted by molar-refractivity contribution is 0.414. The second kappa shape index (κ2) is 2.87. The molecule has 0 aliphatic heterocycles. The molecule has 0 aliphatic rings. The lowest BCUT2D eigenvalue weighted by Crippen LogP contribution is -1.79. The van der Waals surface area contributed by atoms with Crippen LogP contribution >= 0.6 is 15.9 Å². The van der Waals surface area contributed by atoms with Crippen LogP contribution in [-0.4, -0.2) is 7.04 Å². The first-order valence-corrected chi connectivity index (χ1v) is 2.89. The van der Waals surface area contributed by atoms with Crippen LogP contribution < -0.4 is 4.74 Å². The molecule has 0 heterocycles. The maximum absolute atomic E-state index is 7.46.